The number of carbonyl (C=O) groups is 1. The zero-order valence-electron chi connectivity index (χ0n) is 6.88. The summed E-state index contributed by atoms with van der Waals surface area (Å²) in [6, 6.07) is 3.37. The number of hydrogen-bond acceptors (Lipinski definition) is 2. The fourth-order valence-corrected chi connectivity index (χ4v) is 1.12. The maximum absolute atomic E-state index is 11.4. The Morgan fingerprint density at radius 1 is 1.69 bits per heavy atom. The second kappa shape index (κ2) is 3.00. The van der Waals surface area contributed by atoms with E-state index in [1.54, 1.807) is 18.3 Å². The topological polar surface area (TPSA) is 42.0 Å². The molecule has 1 aliphatic rings. The fourth-order valence-electron chi connectivity index (χ4n) is 0.974. The molecule has 1 amide bonds. The average molecular weight is 196 g/mol. The van der Waals surface area contributed by atoms with Crippen molar-refractivity contribution in [3.8, 4) is 0 Å². The van der Waals surface area contributed by atoms with Gasteiger partial charge >= 0.3 is 0 Å². The van der Waals surface area contributed by atoms with E-state index in [0.717, 1.165) is 12.8 Å². The van der Waals surface area contributed by atoms with Crippen molar-refractivity contribution >= 4 is 23.2 Å². The van der Waals surface area contributed by atoms with Gasteiger partial charge < -0.3 is 5.32 Å². The van der Waals surface area contributed by atoms with Crippen LogP contribution in [0.3, 0.4) is 0 Å². The van der Waals surface area contributed by atoms with Crippen LogP contribution < -0.4 is 5.32 Å². The second-order valence-corrected chi connectivity index (χ2v) is 3.82. The van der Waals surface area contributed by atoms with Gasteiger partial charge in [-0.25, -0.2) is 0 Å². The second-order valence-electron chi connectivity index (χ2n) is 3.10. The van der Waals surface area contributed by atoms with Crippen LogP contribution in [0.4, 0.5) is 5.69 Å². The number of anilines is 1. The van der Waals surface area contributed by atoms with Crippen LogP contribution in [0, 0.1) is 6.20 Å². The highest BCUT2D eigenvalue weighted by atomic mass is 35.5. The molecule has 0 unspecified atom stereocenters. The minimum atomic E-state index is -0.653. The van der Waals surface area contributed by atoms with Crippen LogP contribution in [-0.2, 0) is 4.79 Å². The van der Waals surface area contributed by atoms with Crippen LogP contribution in [-0.4, -0.2) is 15.8 Å². The summed E-state index contributed by atoms with van der Waals surface area (Å²) < 4.78 is 0. The van der Waals surface area contributed by atoms with E-state index in [1.807, 2.05) is 0 Å². The van der Waals surface area contributed by atoms with Gasteiger partial charge in [0.1, 0.15) is 4.87 Å². The third kappa shape index (κ3) is 1.80. The predicted octanol–water partition coefficient (Wildman–Crippen LogP) is 1.59. The van der Waals surface area contributed by atoms with Gasteiger partial charge in [-0.05, 0) is 25.0 Å². The summed E-state index contributed by atoms with van der Waals surface area (Å²) in [5, 5.41) is 2.69. The highest BCUT2D eigenvalue weighted by molar-refractivity contribution is 6.38. The summed E-state index contributed by atoms with van der Waals surface area (Å²) >= 11 is 5.90. The Kier molecular flexibility index (Phi) is 1.96. The molecular weight excluding hydrogens is 188 g/mol. The molecule has 0 bridgehead atoms. The third-order valence-corrected chi connectivity index (χ3v) is 2.52. The third-order valence-electron chi connectivity index (χ3n) is 1.97. The molecule has 0 atom stereocenters. The van der Waals surface area contributed by atoms with Crippen molar-refractivity contribution in [1.29, 1.82) is 0 Å². The van der Waals surface area contributed by atoms with Crippen LogP contribution >= 0.6 is 11.6 Å². The molecular formula is C9H8ClN2O. The lowest BCUT2D eigenvalue weighted by atomic mass is 10.3. The molecule has 1 N–H and O–H groups in total. The van der Waals surface area contributed by atoms with E-state index in [0.29, 0.717) is 5.69 Å². The molecule has 67 valence electrons. The van der Waals surface area contributed by atoms with Gasteiger partial charge in [0.05, 0.1) is 18.1 Å². The van der Waals surface area contributed by atoms with E-state index in [-0.39, 0.29) is 5.91 Å². The number of alkyl halides is 1. The quantitative estimate of drug-likeness (QED) is 0.729. The van der Waals surface area contributed by atoms with Crippen molar-refractivity contribution in [3.63, 3.8) is 0 Å². The van der Waals surface area contributed by atoms with Gasteiger partial charge in [0, 0.05) is 0 Å². The van der Waals surface area contributed by atoms with Crippen LogP contribution in [0.2, 0.25) is 0 Å². The first-order valence-corrected chi connectivity index (χ1v) is 4.41. The van der Waals surface area contributed by atoms with E-state index in [9.17, 15) is 4.79 Å². The minimum Gasteiger partial charge on any atom is -0.323 e. The first kappa shape index (κ1) is 8.51. The van der Waals surface area contributed by atoms with Gasteiger partial charge in [0.15, 0.2) is 0 Å². The molecule has 0 spiro atoms. The van der Waals surface area contributed by atoms with Gasteiger partial charge in [-0.1, -0.05) is 0 Å². The summed E-state index contributed by atoms with van der Waals surface area (Å²) in [5.41, 5.74) is 0.663. The molecule has 4 heteroatoms. The van der Waals surface area contributed by atoms with Crippen molar-refractivity contribution in [2.45, 2.75) is 17.7 Å². The van der Waals surface area contributed by atoms with E-state index in [1.165, 1.54) is 0 Å². The molecule has 1 aliphatic carbocycles. The Labute approximate surface area is 81.1 Å². The Morgan fingerprint density at radius 3 is 3.00 bits per heavy atom. The summed E-state index contributed by atoms with van der Waals surface area (Å²) in [6.45, 7) is 0. The maximum atomic E-state index is 11.4. The number of aromatic nitrogens is 1. The lowest BCUT2D eigenvalue weighted by molar-refractivity contribution is -0.116. The molecule has 1 radical (unpaired) electrons. The summed E-state index contributed by atoms with van der Waals surface area (Å²) in [5.74, 6) is -0.137. The Balaban J connectivity index is 2.03. The fraction of sp³-hybridized carbons (Fsp3) is 0.333. The summed E-state index contributed by atoms with van der Waals surface area (Å²) in [4.78, 5) is 14.5. The van der Waals surface area contributed by atoms with Crippen molar-refractivity contribution in [3.05, 3.63) is 24.5 Å². The van der Waals surface area contributed by atoms with Crippen molar-refractivity contribution in [1.82, 2.24) is 4.98 Å². The normalized spacial score (nSPS) is 17.9. The molecule has 1 saturated carbocycles. The summed E-state index contributed by atoms with van der Waals surface area (Å²) in [6.07, 6.45) is 5.68. The monoisotopic (exact) mass is 195 g/mol. The van der Waals surface area contributed by atoms with Crippen LogP contribution in [0.5, 0.6) is 0 Å². The minimum absolute atomic E-state index is 0.137. The standard InChI is InChI=1S/C9H8ClN2O/c10-9(3-4-9)8(13)12-7-2-1-5-11-6-7/h1-2,6H,3-4H2,(H,12,13). The first-order chi connectivity index (χ1) is 6.21. The number of rotatable bonds is 2. The lowest BCUT2D eigenvalue weighted by Crippen LogP contribution is -2.24. The largest absolute Gasteiger partial charge is 0.323 e. The number of nitrogens with one attached hydrogen (secondary N) is 1. The predicted molar refractivity (Wildman–Crippen MR) is 49.5 cm³/mol. The van der Waals surface area contributed by atoms with Gasteiger partial charge in [-0.3, -0.25) is 9.78 Å². The van der Waals surface area contributed by atoms with Crippen LogP contribution in [0.25, 0.3) is 0 Å². The smallest absolute Gasteiger partial charge is 0.245 e. The van der Waals surface area contributed by atoms with Crippen molar-refractivity contribution in [2.24, 2.45) is 0 Å². The Morgan fingerprint density at radius 2 is 2.46 bits per heavy atom. The molecule has 1 fully saturated rings. The molecule has 1 aromatic rings. The van der Waals surface area contributed by atoms with Gasteiger partial charge in [-0.15, -0.1) is 11.6 Å². The van der Waals surface area contributed by atoms with E-state index < -0.39 is 4.87 Å². The molecule has 1 heterocycles. The molecule has 0 saturated heterocycles. The van der Waals surface area contributed by atoms with E-state index in [4.69, 9.17) is 11.6 Å². The number of nitrogens with zero attached hydrogens (tertiary/aromatic N) is 1. The molecule has 2 rings (SSSR count). The van der Waals surface area contributed by atoms with E-state index >= 15 is 0 Å². The first-order valence-electron chi connectivity index (χ1n) is 4.03. The van der Waals surface area contributed by atoms with Gasteiger partial charge in [0.25, 0.3) is 0 Å². The highest BCUT2D eigenvalue weighted by Crippen LogP contribution is 2.43. The molecule has 0 aromatic carbocycles. The van der Waals surface area contributed by atoms with Gasteiger partial charge in [-0.2, -0.15) is 0 Å². The average Bonchev–Trinajstić information content (AvgIpc) is 2.87. The molecule has 1 aromatic heterocycles. The molecule has 0 aliphatic heterocycles. The van der Waals surface area contributed by atoms with Crippen LogP contribution in [0.15, 0.2) is 18.3 Å². The lowest BCUT2D eigenvalue weighted by Gasteiger charge is -2.06. The number of halogens is 1. The number of pyridine rings is 1. The van der Waals surface area contributed by atoms with E-state index in [2.05, 4.69) is 16.5 Å². The number of hydrogen-bond donors (Lipinski definition) is 1. The highest BCUT2D eigenvalue weighted by Gasteiger charge is 2.48. The zero-order valence-corrected chi connectivity index (χ0v) is 7.64. The number of carbonyl (C=O) groups excluding carboxylic acids is 1. The summed E-state index contributed by atoms with van der Waals surface area (Å²) in [7, 11) is 0. The Hall–Kier alpha value is -1.09. The van der Waals surface area contributed by atoms with Gasteiger partial charge in [0.2, 0.25) is 5.91 Å². The van der Waals surface area contributed by atoms with Crippen molar-refractivity contribution in [2.75, 3.05) is 5.32 Å². The Bertz CT molecular complexity index is 322. The molecule has 3 nitrogen and oxygen atoms in total. The van der Waals surface area contributed by atoms with Crippen molar-refractivity contribution < 1.29 is 4.79 Å². The zero-order chi connectivity index (χ0) is 9.31. The SMILES string of the molecule is O=C(Nc1cc[c]nc1)C1(Cl)CC1. The van der Waals surface area contributed by atoms with Crippen LogP contribution in [0.1, 0.15) is 12.8 Å². The maximum Gasteiger partial charge on any atom is 0.245 e. The number of amides is 1. The molecule has 13 heavy (non-hydrogen) atoms.